The SMILES string of the molecule is CC1(C(=O)O)CCCN1C(=O)CCCOc1cccc(F)c1. The van der Waals surface area contributed by atoms with Crippen molar-refractivity contribution < 1.29 is 23.8 Å². The Hall–Kier alpha value is -2.11. The van der Waals surface area contributed by atoms with Crippen LogP contribution in [-0.4, -0.2) is 40.6 Å². The minimum Gasteiger partial charge on any atom is -0.493 e. The van der Waals surface area contributed by atoms with E-state index in [0.29, 0.717) is 31.6 Å². The maximum atomic E-state index is 13.0. The molecule has 0 radical (unpaired) electrons. The first kappa shape index (κ1) is 16.3. The normalized spacial score (nSPS) is 20.9. The summed E-state index contributed by atoms with van der Waals surface area (Å²) in [6, 6.07) is 5.81. The fourth-order valence-electron chi connectivity index (χ4n) is 2.69. The maximum Gasteiger partial charge on any atom is 0.329 e. The predicted octanol–water partition coefficient (Wildman–Crippen LogP) is 2.45. The Kier molecular flexibility index (Phi) is 5.00. The van der Waals surface area contributed by atoms with Crippen LogP contribution in [0.1, 0.15) is 32.6 Å². The summed E-state index contributed by atoms with van der Waals surface area (Å²) in [5.41, 5.74) is -1.10. The molecular formula is C16H20FNO4. The van der Waals surface area contributed by atoms with Crippen molar-refractivity contribution in [3.8, 4) is 5.75 Å². The highest BCUT2D eigenvalue weighted by Crippen LogP contribution is 2.30. The van der Waals surface area contributed by atoms with Gasteiger partial charge in [-0.25, -0.2) is 9.18 Å². The number of benzene rings is 1. The first-order chi connectivity index (χ1) is 10.4. The topological polar surface area (TPSA) is 66.8 Å². The highest BCUT2D eigenvalue weighted by molar-refractivity contribution is 5.87. The number of carboxylic acids is 1. The molecule has 1 fully saturated rings. The lowest BCUT2D eigenvalue weighted by Gasteiger charge is -2.31. The summed E-state index contributed by atoms with van der Waals surface area (Å²) in [7, 11) is 0. The molecule has 1 aromatic rings. The van der Waals surface area contributed by atoms with Gasteiger partial charge >= 0.3 is 5.97 Å². The zero-order valence-corrected chi connectivity index (χ0v) is 12.5. The lowest BCUT2D eigenvalue weighted by Crippen LogP contribution is -2.50. The van der Waals surface area contributed by atoms with Gasteiger partial charge < -0.3 is 14.7 Å². The molecule has 1 N–H and O–H groups in total. The summed E-state index contributed by atoms with van der Waals surface area (Å²) in [6.07, 6.45) is 1.86. The number of hydrogen-bond acceptors (Lipinski definition) is 3. The molecule has 2 rings (SSSR count). The number of carbonyl (C=O) groups excluding carboxylic acids is 1. The number of halogens is 1. The van der Waals surface area contributed by atoms with E-state index >= 15 is 0 Å². The van der Waals surface area contributed by atoms with Gasteiger partial charge in [0.05, 0.1) is 6.61 Å². The Bertz CT molecular complexity index is 563. The number of likely N-dealkylation sites (tertiary alicyclic amines) is 1. The van der Waals surface area contributed by atoms with E-state index in [1.165, 1.54) is 17.0 Å². The molecule has 0 aliphatic carbocycles. The fourth-order valence-corrected chi connectivity index (χ4v) is 2.69. The molecule has 0 aromatic heterocycles. The molecule has 1 unspecified atom stereocenters. The van der Waals surface area contributed by atoms with E-state index < -0.39 is 11.5 Å². The molecule has 1 saturated heterocycles. The van der Waals surface area contributed by atoms with Crippen LogP contribution >= 0.6 is 0 Å². The standard InChI is InChI=1S/C16H20FNO4/c1-16(15(20)21)8-4-9-18(16)14(19)7-3-10-22-13-6-2-5-12(17)11-13/h2,5-6,11H,3-4,7-10H2,1H3,(H,20,21). The molecule has 0 bridgehead atoms. The van der Waals surface area contributed by atoms with Crippen molar-refractivity contribution in [1.29, 1.82) is 0 Å². The third-order valence-corrected chi connectivity index (χ3v) is 4.00. The predicted molar refractivity (Wildman–Crippen MR) is 78.1 cm³/mol. The Labute approximate surface area is 128 Å². The van der Waals surface area contributed by atoms with Crippen LogP contribution in [-0.2, 0) is 9.59 Å². The molecule has 1 aliphatic heterocycles. The molecule has 0 saturated carbocycles. The van der Waals surface area contributed by atoms with E-state index in [1.54, 1.807) is 19.1 Å². The van der Waals surface area contributed by atoms with Gasteiger partial charge in [-0.05, 0) is 38.3 Å². The second-order valence-electron chi connectivity index (χ2n) is 5.64. The van der Waals surface area contributed by atoms with E-state index in [9.17, 15) is 19.1 Å². The maximum absolute atomic E-state index is 13.0. The highest BCUT2D eigenvalue weighted by Gasteiger charge is 2.45. The van der Waals surface area contributed by atoms with Gasteiger partial charge in [0.25, 0.3) is 0 Å². The van der Waals surface area contributed by atoms with Crippen LogP contribution in [0.15, 0.2) is 24.3 Å². The molecular weight excluding hydrogens is 289 g/mol. The molecule has 120 valence electrons. The summed E-state index contributed by atoms with van der Waals surface area (Å²) in [6.45, 7) is 2.35. The second kappa shape index (κ2) is 6.77. The Balaban J connectivity index is 1.79. The van der Waals surface area contributed by atoms with Crippen molar-refractivity contribution in [2.24, 2.45) is 0 Å². The molecule has 1 aliphatic rings. The van der Waals surface area contributed by atoms with Crippen LogP contribution in [0.2, 0.25) is 0 Å². The van der Waals surface area contributed by atoms with Crippen molar-refractivity contribution >= 4 is 11.9 Å². The molecule has 1 heterocycles. The van der Waals surface area contributed by atoms with Crippen LogP contribution < -0.4 is 4.74 Å². The monoisotopic (exact) mass is 309 g/mol. The van der Waals surface area contributed by atoms with Gasteiger partial charge in [-0.2, -0.15) is 0 Å². The van der Waals surface area contributed by atoms with Crippen molar-refractivity contribution in [1.82, 2.24) is 4.90 Å². The fraction of sp³-hybridized carbons (Fsp3) is 0.500. The van der Waals surface area contributed by atoms with Crippen LogP contribution in [0, 0.1) is 5.82 Å². The van der Waals surface area contributed by atoms with Gasteiger partial charge in [-0.15, -0.1) is 0 Å². The minimum atomic E-state index is -1.10. The van der Waals surface area contributed by atoms with Gasteiger partial charge in [-0.3, -0.25) is 4.79 Å². The third-order valence-electron chi connectivity index (χ3n) is 4.00. The van der Waals surface area contributed by atoms with Gasteiger partial charge in [0, 0.05) is 19.0 Å². The lowest BCUT2D eigenvalue weighted by atomic mass is 9.99. The first-order valence-electron chi connectivity index (χ1n) is 7.36. The molecule has 5 nitrogen and oxygen atoms in total. The van der Waals surface area contributed by atoms with Crippen LogP contribution in [0.3, 0.4) is 0 Å². The summed E-state index contributed by atoms with van der Waals surface area (Å²) >= 11 is 0. The van der Waals surface area contributed by atoms with Gasteiger partial charge in [0.15, 0.2) is 0 Å². The minimum absolute atomic E-state index is 0.176. The number of amides is 1. The smallest absolute Gasteiger partial charge is 0.329 e. The Morgan fingerprint density at radius 3 is 2.91 bits per heavy atom. The lowest BCUT2D eigenvalue weighted by molar-refractivity contribution is -0.155. The van der Waals surface area contributed by atoms with Crippen molar-refractivity contribution in [2.75, 3.05) is 13.2 Å². The summed E-state index contributed by atoms with van der Waals surface area (Å²) in [5.74, 6) is -1.09. The molecule has 1 amide bonds. The molecule has 1 aromatic carbocycles. The van der Waals surface area contributed by atoms with E-state index in [-0.39, 0.29) is 24.8 Å². The number of carbonyl (C=O) groups is 2. The number of aliphatic carboxylic acids is 1. The van der Waals surface area contributed by atoms with Crippen LogP contribution in [0.5, 0.6) is 5.75 Å². The zero-order valence-electron chi connectivity index (χ0n) is 12.5. The van der Waals surface area contributed by atoms with Gasteiger partial charge in [-0.1, -0.05) is 6.07 Å². The zero-order chi connectivity index (χ0) is 16.2. The van der Waals surface area contributed by atoms with Gasteiger partial charge in [0.1, 0.15) is 17.1 Å². The van der Waals surface area contributed by atoms with Crippen LogP contribution in [0.4, 0.5) is 4.39 Å². The third kappa shape index (κ3) is 3.55. The van der Waals surface area contributed by atoms with Crippen molar-refractivity contribution in [2.45, 2.75) is 38.1 Å². The van der Waals surface area contributed by atoms with Crippen LogP contribution in [0.25, 0.3) is 0 Å². The summed E-state index contributed by atoms with van der Waals surface area (Å²) < 4.78 is 18.3. The Morgan fingerprint density at radius 1 is 1.45 bits per heavy atom. The quantitative estimate of drug-likeness (QED) is 0.820. The van der Waals surface area contributed by atoms with Crippen molar-refractivity contribution in [3.05, 3.63) is 30.1 Å². The summed E-state index contributed by atoms with van der Waals surface area (Å²) in [5, 5.41) is 9.28. The number of rotatable bonds is 6. The van der Waals surface area contributed by atoms with Gasteiger partial charge in [0.2, 0.25) is 5.91 Å². The average Bonchev–Trinajstić information content (AvgIpc) is 2.87. The molecule has 0 spiro atoms. The average molecular weight is 309 g/mol. The number of nitrogens with zero attached hydrogens (tertiary/aromatic N) is 1. The molecule has 22 heavy (non-hydrogen) atoms. The van der Waals surface area contributed by atoms with E-state index in [2.05, 4.69) is 0 Å². The highest BCUT2D eigenvalue weighted by atomic mass is 19.1. The largest absolute Gasteiger partial charge is 0.493 e. The van der Waals surface area contributed by atoms with E-state index in [1.807, 2.05) is 0 Å². The first-order valence-corrected chi connectivity index (χ1v) is 7.36. The van der Waals surface area contributed by atoms with E-state index in [0.717, 1.165) is 0 Å². The second-order valence-corrected chi connectivity index (χ2v) is 5.64. The van der Waals surface area contributed by atoms with E-state index in [4.69, 9.17) is 4.74 Å². The van der Waals surface area contributed by atoms with Crippen molar-refractivity contribution in [3.63, 3.8) is 0 Å². The number of ether oxygens (including phenoxy) is 1. The summed E-state index contributed by atoms with van der Waals surface area (Å²) in [4.78, 5) is 25.0. The molecule has 1 atom stereocenters. The Morgan fingerprint density at radius 2 is 2.23 bits per heavy atom. The number of carboxylic acid groups (broad SMARTS) is 1. The number of hydrogen-bond donors (Lipinski definition) is 1. The molecule has 6 heteroatoms.